The summed E-state index contributed by atoms with van der Waals surface area (Å²) < 4.78 is 35.4. The van der Waals surface area contributed by atoms with Crippen LogP contribution in [0.3, 0.4) is 0 Å². The lowest BCUT2D eigenvalue weighted by Crippen LogP contribution is -2.41. The number of alkyl halides is 2. The zero-order valence-electron chi connectivity index (χ0n) is 13.7. The molecule has 1 saturated carbocycles. The summed E-state index contributed by atoms with van der Waals surface area (Å²) in [6.07, 6.45) is 2.72. The Labute approximate surface area is 144 Å². The van der Waals surface area contributed by atoms with Gasteiger partial charge in [0.25, 0.3) is 0 Å². The van der Waals surface area contributed by atoms with Crippen molar-refractivity contribution < 1.29 is 28.2 Å². The van der Waals surface area contributed by atoms with E-state index in [9.17, 15) is 18.7 Å². The molecule has 8 heteroatoms. The van der Waals surface area contributed by atoms with E-state index in [4.69, 9.17) is 10.5 Å². The van der Waals surface area contributed by atoms with Crippen LogP contribution in [-0.4, -0.2) is 48.4 Å². The Hall–Kier alpha value is -2.09. The fraction of sp³-hybridized carbons (Fsp3) is 0.588. The standard InChI is InChI=1S/C17H22F2N2O4/c18-16(19)25-14-4-3-11(6-15(14)24-9-10-1-2-10)12-5-13(8-22)21(7-12)17(20)23/h3-4,6,10,12-13,16,22H,1-2,5,7-9H2,(H2,20,23). The van der Waals surface area contributed by atoms with Gasteiger partial charge in [0.05, 0.1) is 19.3 Å². The second-order valence-electron chi connectivity index (χ2n) is 6.60. The van der Waals surface area contributed by atoms with Crippen LogP contribution >= 0.6 is 0 Å². The van der Waals surface area contributed by atoms with Crippen LogP contribution < -0.4 is 15.2 Å². The molecule has 3 N–H and O–H groups in total. The van der Waals surface area contributed by atoms with E-state index in [1.54, 1.807) is 12.1 Å². The van der Waals surface area contributed by atoms with Crippen molar-refractivity contribution in [3.8, 4) is 11.5 Å². The summed E-state index contributed by atoms with van der Waals surface area (Å²) in [5.74, 6) is 0.706. The quantitative estimate of drug-likeness (QED) is 0.785. The smallest absolute Gasteiger partial charge is 0.387 e. The number of likely N-dealkylation sites (tertiary alicyclic amines) is 1. The van der Waals surface area contributed by atoms with Crippen LogP contribution in [0.25, 0.3) is 0 Å². The number of carbonyl (C=O) groups is 1. The largest absolute Gasteiger partial charge is 0.489 e. The Balaban J connectivity index is 1.78. The van der Waals surface area contributed by atoms with Gasteiger partial charge in [-0.05, 0) is 42.9 Å². The van der Waals surface area contributed by atoms with Gasteiger partial charge in [-0.15, -0.1) is 0 Å². The number of urea groups is 1. The zero-order chi connectivity index (χ0) is 18.0. The van der Waals surface area contributed by atoms with Crippen molar-refractivity contribution in [2.45, 2.75) is 37.8 Å². The maximum absolute atomic E-state index is 12.6. The lowest BCUT2D eigenvalue weighted by Gasteiger charge is -2.20. The van der Waals surface area contributed by atoms with Crippen LogP contribution in [-0.2, 0) is 0 Å². The fourth-order valence-electron chi connectivity index (χ4n) is 3.18. The third-order valence-corrected chi connectivity index (χ3v) is 4.73. The molecule has 1 aliphatic carbocycles. The summed E-state index contributed by atoms with van der Waals surface area (Å²) in [6.45, 7) is -2.25. The molecule has 0 bridgehead atoms. The average Bonchev–Trinajstić information content (AvgIpc) is 3.29. The van der Waals surface area contributed by atoms with Crippen LogP contribution in [0, 0.1) is 5.92 Å². The molecule has 1 aromatic carbocycles. The number of carbonyl (C=O) groups excluding carboxylic acids is 1. The van der Waals surface area contributed by atoms with Crippen molar-refractivity contribution in [2.24, 2.45) is 11.7 Å². The molecule has 1 aliphatic heterocycles. The van der Waals surface area contributed by atoms with E-state index in [1.807, 2.05) is 0 Å². The van der Waals surface area contributed by atoms with Gasteiger partial charge in [-0.2, -0.15) is 8.78 Å². The number of benzene rings is 1. The molecule has 1 saturated heterocycles. The summed E-state index contributed by atoms with van der Waals surface area (Å²) in [4.78, 5) is 12.9. The minimum atomic E-state index is -2.93. The summed E-state index contributed by atoms with van der Waals surface area (Å²) in [6, 6.07) is 3.92. The first-order chi connectivity index (χ1) is 12.0. The maximum Gasteiger partial charge on any atom is 0.387 e. The SMILES string of the molecule is NC(=O)N1CC(c2ccc(OC(F)F)c(OCC3CC3)c2)CC1CO. The Morgan fingerprint density at radius 1 is 1.36 bits per heavy atom. The van der Waals surface area contributed by atoms with Crippen LogP contribution in [0.15, 0.2) is 18.2 Å². The number of hydrogen-bond acceptors (Lipinski definition) is 4. The van der Waals surface area contributed by atoms with Gasteiger partial charge in [0.2, 0.25) is 0 Å². The summed E-state index contributed by atoms with van der Waals surface area (Å²) in [5, 5.41) is 9.42. The highest BCUT2D eigenvalue weighted by molar-refractivity contribution is 5.73. The lowest BCUT2D eigenvalue weighted by atomic mass is 9.96. The minimum absolute atomic E-state index is 0.00265. The Kier molecular flexibility index (Phi) is 5.27. The number of nitrogens with zero attached hydrogens (tertiary/aromatic N) is 1. The molecule has 2 fully saturated rings. The van der Waals surface area contributed by atoms with Crippen molar-refractivity contribution in [3.63, 3.8) is 0 Å². The Morgan fingerprint density at radius 3 is 2.68 bits per heavy atom. The van der Waals surface area contributed by atoms with Gasteiger partial charge >= 0.3 is 12.6 Å². The number of aliphatic hydroxyl groups excluding tert-OH is 1. The molecular formula is C17H22F2N2O4. The molecule has 2 unspecified atom stereocenters. The van der Waals surface area contributed by atoms with E-state index < -0.39 is 12.6 Å². The predicted octanol–water partition coefficient (Wildman–Crippen LogP) is 2.31. The Morgan fingerprint density at radius 2 is 2.12 bits per heavy atom. The van der Waals surface area contributed by atoms with Crippen LogP contribution in [0.1, 0.15) is 30.7 Å². The van der Waals surface area contributed by atoms with Gasteiger partial charge in [0.1, 0.15) is 0 Å². The molecule has 138 valence electrons. The summed E-state index contributed by atoms with van der Waals surface area (Å²) in [7, 11) is 0. The number of amides is 2. The first-order valence-corrected chi connectivity index (χ1v) is 8.36. The summed E-state index contributed by atoms with van der Waals surface area (Å²) in [5.41, 5.74) is 6.19. The molecular weight excluding hydrogens is 334 g/mol. The maximum atomic E-state index is 12.6. The third-order valence-electron chi connectivity index (χ3n) is 4.73. The van der Waals surface area contributed by atoms with Crippen molar-refractivity contribution in [1.82, 2.24) is 4.90 Å². The number of ether oxygens (including phenoxy) is 2. The number of aliphatic hydroxyl groups is 1. The van der Waals surface area contributed by atoms with E-state index in [0.29, 0.717) is 25.5 Å². The van der Waals surface area contributed by atoms with Gasteiger partial charge < -0.3 is 25.2 Å². The van der Waals surface area contributed by atoms with Crippen molar-refractivity contribution in [1.29, 1.82) is 0 Å². The van der Waals surface area contributed by atoms with Crippen molar-refractivity contribution >= 4 is 6.03 Å². The molecule has 0 spiro atoms. The van der Waals surface area contributed by atoms with E-state index in [-0.39, 0.29) is 30.1 Å². The van der Waals surface area contributed by atoms with E-state index in [2.05, 4.69) is 4.74 Å². The van der Waals surface area contributed by atoms with Gasteiger partial charge in [-0.3, -0.25) is 0 Å². The monoisotopic (exact) mass is 356 g/mol. The molecule has 1 heterocycles. The van der Waals surface area contributed by atoms with Gasteiger partial charge in [-0.25, -0.2) is 4.79 Å². The molecule has 1 aromatic rings. The summed E-state index contributed by atoms with van der Waals surface area (Å²) >= 11 is 0. The average molecular weight is 356 g/mol. The molecule has 25 heavy (non-hydrogen) atoms. The first kappa shape index (κ1) is 17.7. The highest BCUT2D eigenvalue weighted by Gasteiger charge is 2.35. The second kappa shape index (κ2) is 7.43. The van der Waals surface area contributed by atoms with Gasteiger partial charge in [-0.1, -0.05) is 6.07 Å². The van der Waals surface area contributed by atoms with E-state index in [0.717, 1.165) is 18.4 Å². The van der Waals surface area contributed by atoms with Gasteiger partial charge in [0, 0.05) is 12.5 Å². The second-order valence-corrected chi connectivity index (χ2v) is 6.60. The normalized spacial score (nSPS) is 23.1. The van der Waals surface area contributed by atoms with E-state index >= 15 is 0 Å². The van der Waals surface area contributed by atoms with Crippen LogP contribution in [0.2, 0.25) is 0 Å². The highest BCUT2D eigenvalue weighted by atomic mass is 19.3. The van der Waals surface area contributed by atoms with Crippen molar-refractivity contribution in [3.05, 3.63) is 23.8 Å². The molecule has 6 nitrogen and oxygen atoms in total. The highest BCUT2D eigenvalue weighted by Crippen LogP contribution is 2.38. The number of nitrogens with two attached hydrogens (primary N) is 1. The zero-order valence-corrected chi connectivity index (χ0v) is 13.7. The van der Waals surface area contributed by atoms with Crippen LogP contribution in [0.4, 0.5) is 13.6 Å². The third kappa shape index (κ3) is 4.31. The fourth-order valence-corrected chi connectivity index (χ4v) is 3.18. The van der Waals surface area contributed by atoms with Gasteiger partial charge in [0.15, 0.2) is 11.5 Å². The molecule has 2 amide bonds. The Bertz CT molecular complexity index is 625. The molecule has 2 atom stereocenters. The molecule has 0 aromatic heterocycles. The number of hydrogen-bond donors (Lipinski definition) is 2. The molecule has 2 aliphatic rings. The number of primary amides is 1. The van der Waals surface area contributed by atoms with Crippen molar-refractivity contribution in [2.75, 3.05) is 19.8 Å². The minimum Gasteiger partial charge on any atom is -0.489 e. The predicted molar refractivity (Wildman–Crippen MR) is 85.8 cm³/mol. The van der Waals surface area contributed by atoms with E-state index in [1.165, 1.54) is 11.0 Å². The molecule has 0 radical (unpaired) electrons. The lowest BCUT2D eigenvalue weighted by molar-refractivity contribution is -0.0515. The van der Waals surface area contributed by atoms with Crippen LogP contribution in [0.5, 0.6) is 11.5 Å². The molecule has 3 rings (SSSR count). The topological polar surface area (TPSA) is 85.0 Å². The number of rotatable bonds is 7. The number of halogens is 2. The first-order valence-electron chi connectivity index (χ1n) is 8.36.